The van der Waals surface area contributed by atoms with Gasteiger partial charge in [0.1, 0.15) is 79.9 Å². The molecule has 3 aliphatic heterocycles. The van der Waals surface area contributed by atoms with Crippen molar-refractivity contribution in [3.8, 4) is 0 Å². The highest BCUT2D eigenvalue weighted by atomic mass is 16.7. The number of carbonyl (C=O) groups is 5. The lowest BCUT2D eigenvalue weighted by Gasteiger charge is -2.47. The van der Waals surface area contributed by atoms with Gasteiger partial charge in [-0.05, 0) is 58.8 Å². The number of Topliss-reactive ketones (excluding diaryl/α,β-unsaturated/α-hetero) is 2. The molecule has 28 unspecified atom stereocenters. The van der Waals surface area contributed by atoms with Crippen LogP contribution in [0.5, 0.6) is 0 Å². The van der Waals surface area contributed by atoms with Crippen LogP contribution in [0.15, 0.2) is 12.2 Å². The Balaban J connectivity index is 1.66. The van der Waals surface area contributed by atoms with Gasteiger partial charge in [-0.15, -0.1) is 0 Å². The summed E-state index contributed by atoms with van der Waals surface area (Å²) in [4.78, 5) is 63.6. The second-order valence-electron chi connectivity index (χ2n) is 22.6. The van der Waals surface area contributed by atoms with Gasteiger partial charge in [0, 0.05) is 11.8 Å². The topological polar surface area (TPSA) is 430 Å². The third kappa shape index (κ3) is 21.7. The molecule has 3 rings (SSSR count). The number of ketones is 2. The predicted molar refractivity (Wildman–Crippen MR) is 302 cm³/mol. The van der Waals surface area contributed by atoms with Gasteiger partial charge in [0.25, 0.3) is 0 Å². The smallest absolute Gasteiger partial charge is 0.338 e. The molecule has 0 aromatic rings. The number of aliphatic hydroxyl groups excluding tert-OH is 12. The number of rotatable bonds is 40. The van der Waals surface area contributed by atoms with Crippen LogP contribution in [0.2, 0.25) is 0 Å². The summed E-state index contributed by atoms with van der Waals surface area (Å²) in [5.74, 6) is -6.33. The van der Waals surface area contributed by atoms with Crippen LogP contribution in [0, 0.1) is 11.8 Å². The zero-order valence-electron chi connectivity index (χ0n) is 52.0. The Kier molecular flexibility index (Phi) is 34.7. The normalized spacial score (nSPS) is 32.5. The maximum Gasteiger partial charge on any atom is 0.338 e. The molecule has 28 atom stereocenters. The molecule has 0 spiro atoms. The third-order valence-corrected chi connectivity index (χ3v) is 16.1. The number of carbonyl (C=O) groups excluding carboxylic acids is 5. The third-order valence-electron chi connectivity index (χ3n) is 16.1. The highest BCUT2D eigenvalue weighted by molar-refractivity contribution is 5.88. The number of ether oxygens (including phenoxy) is 11. The van der Waals surface area contributed by atoms with E-state index >= 15 is 0 Å². The fourth-order valence-corrected chi connectivity index (χ4v) is 10.5. The Morgan fingerprint density at radius 3 is 1.71 bits per heavy atom. The van der Waals surface area contributed by atoms with Gasteiger partial charge in [-0.2, -0.15) is 0 Å². The van der Waals surface area contributed by atoms with Crippen LogP contribution in [0.1, 0.15) is 153 Å². The molecule has 3 heterocycles. The van der Waals surface area contributed by atoms with Gasteiger partial charge in [-0.3, -0.25) is 14.4 Å². The standard InChI is InChI=1S/C59H102O28/c1-12-20-26-77-58-49(73)45(69)54(35(19-8)82-58)87-57-29(10)42(66)52(33(17-6)81-57)85-40(64)27-32(62)36(21-13-2)80-55(75)47(71)44(68)38(23-15-4)84-59-50(74)46(70)53(34(18-7)83-59)78-30(11)28(9)41(65)51(31(61)16-5)86-56(76)48(72)43(67)37(22-14-3)79-39(63)24-25-60/h12,20,25,28-31,33-38,40-43,45-55,57-59,61,64-67,69-75H,13-19,21-24,26-27H2,1-11H3. The first kappa shape index (κ1) is 78.1. The van der Waals surface area contributed by atoms with Gasteiger partial charge >= 0.3 is 11.9 Å². The van der Waals surface area contributed by atoms with Crippen molar-refractivity contribution < 1.29 is 137 Å². The van der Waals surface area contributed by atoms with Crippen LogP contribution in [-0.4, -0.2) is 257 Å². The van der Waals surface area contributed by atoms with Crippen molar-refractivity contribution in [1.29, 1.82) is 0 Å². The first-order valence-corrected chi connectivity index (χ1v) is 30.7. The molecule has 3 saturated heterocycles. The minimum atomic E-state index is -2.35. The lowest BCUT2D eigenvalue weighted by atomic mass is 9.90. The van der Waals surface area contributed by atoms with Crippen molar-refractivity contribution in [2.24, 2.45) is 11.8 Å². The lowest BCUT2D eigenvalue weighted by molar-refractivity contribution is -0.354. The average molecular weight is 1260 g/mol. The van der Waals surface area contributed by atoms with Gasteiger partial charge in [0.05, 0.1) is 55.8 Å². The second kappa shape index (κ2) is 38.6. The lowest BCUT2D eigenvalue weighted by Crippen LogP contribution is -2.62. The first-order valence-electron chi connectivity index (χ1n) is 30.7. The molecule has 12 N–H and O–H groups in total. The molecular weight excluding hydrogens is 1160 g/mol. The Morgan fingerprint density at radius 1 is 0.609 bits per heavy atom. The van der Waals surface area contributed by atoms with Crippen LogP contribution in [-0.2, 0) is 76.1 Å². The van der Waals surface area contributed by atoms with Gasteiger partial charge < -0.3 is 118 Å². The number of aldehydes is 1. The molecule has 0 bridgehead atoms. The largest absolute Gasteiger partial charge is 0.459 e. The van der Waals surface area contributed by atoms with Crippen LogP contribution in [0.25, 0.3) is 0 Å². The summed E-state index contributed by atoms with van der Waals surface area (Å²) in [5.41, 5.74) is 0. The maximum atomic E-state index is 13.9. The zero-order chi connectivity index (χ0) is 65.6. The van der Waals surface area contributed by atoms with E-state index in [4.69, 9.17) is 52.1 Å². The van der Waals surface area contributed by atoms with E-state index in [0.29, 0.717) is 19.3 Å². The quantitative estimate of drug-likeness (QED) is 0.0122. The molecule has 0 aromatic heterocycles. The SMILES string of the molecule is CC=CCOC1OC(CC)C(OC2OC(CC)C(OC(O)CC(=O)C(CCC)OC(O)C(O)C(=O)C(CCC)OC3OC(CC)C(OC(C)C(C)C(O)C(OC(=O)C(O)C(O)C(CCC)OC(=O)CC=O)C(O)CC)C(O)C3O)C(O)C2C)C(O)C1O. The van der Waals surface area contributed by atoms with E-state index in [1.807, 2.05) is 0 Å². The highest BCUT2D eigenvalue weighted by Gasteiger charge is 2.52. The monoisotopic (exact) mass is 1260 g/mol. The summed E-state index contributed by atoms with van der Waals surface area (Å²) in [6, 6.07) is 0. The Labute approximate surface area is 509 Å². The number of allylic oxidation sites excluding steroid dienone is 1. The molecule has 28 nitrogen and oxygen atoms in total. The fraction of sp³-hybridized carbons (Fsp3) is 0.881. The Morgan fingerprint density at radius 2 is 1.15 bits per heavy atom. The number of hydrogen-bond donors (Lipinski definition) is 12. The molecule has 87 heavy (non-hydrogen) atoms. The van der Waals surface area contributed by atoms with Crippen LogP contribution < -0.4 is 0 Å². The second-order valence-corrected chi connectivity index (χ2v) is 22.6. The maximum absolute atomic E-state index is 13.9. The van der Waals surface area contributed by atoms with Crippen molar-refractivity contribution in [1.82, 2.24) is 0 Å². The number of aliphatic hydroxyl groups is 12. The fourth-order valence-electron chi connectivity index (χ4n) is 10.5. The van der Waals surface area contributed by atoms with E-state index in [1.54, 1.807) is 67.5 Å². The Hall–Kier alpha value is -3.15. The van der Waals surface area contributed by atoms with Gasteiger partial charge in [0.15, 0.2) is 61.3 Å². The van der Waals surface area contributed by atoms with Crippen molar-refractivity contribution in [3.63, 3.8) is 0 Å². The predicted octanol–water partition coefficient (Wildman–Crippen LogP) is -0.432. The van der Waals surface area contributed by atoms with E-state index in [9.17, 15) is 85.3 Å². The van der Waals surface area contributed by atoms with Crippen molar-refractivity contribution >= 4 is 29.8 Å². The van der Waals surface area contributed by atoms with Crippen LogP contribution >= 0.6 is 0 Å². The summed E-state index contributed by atoms with van der Waals surface area (Å²) in [6.07, 6.45) is -36.1. The van der Waals surface area contributed by atoms with Gasteiger partial charge in [-0.25, -0.2) is 4.79 Å². The van der Waals surface area contributed by atoms with Crippen molar-refractivity contribution in [3.05, 3.63) is 12.2 Å². The van der Waals surface area contributed by atoms with Crippen molar-refractivity contribution in [2.45, 2.75) is 313 Å². The summed E-state index contributed by atoms with van der Waals surface area (Å²) >= 11 is 0. The minimum Gasteiger partial charge on any atom is -0.459 e. The molecule has 0 aromatic carbocycles. The summed E-state index contributed by atoms with van der Waals surface area (Å²) in [5, 5.41) is 134. The van der Waals surface area contributed by atoms with Crippen LogP contribution in [0.4, 0.5) is 0 Å². The molecular formula is C59H102O28. The molecule has 3 aliphatic rings. The number of esters is 2. The molecule has 0 radical (unpaired) electrons. The van der Waals surface area contributed by atoms with E-state index < -0.39 is 208 Å². The summed E-state index contributed by atoms with van der Waals surface area (Å²) < 4.78 is 63.9. The molecule has 0 aliphatic carbocycles. The summed E-state index contributed by atoms with van der Waals surface area (Å²) in [7, 11) is 0. The summed E-state index contributed by atoms with van der Waals surface area (Å²) in [6.45, 7) is 18.2. The van der Waals surface area contributed by atoms with Crippen molar-refractivity contribution in [2.75, 3.05) is 6.61 Å². The zero-order valence-corrected chi connectivity index (χ0v) is 52.0. The minimum absolute atomic E-state index is 0.0105. The highest BCUT2D eigenvalue weighted by Crippen LogP contribution is 2.36. The van der Waals surface area contributed by atoms with E-state index in [1.165, 1.54) is 20.8 Å². The average Bonchev–Trinajstić information content (AvgIpc) is 2.43. The molecule has 28 heteroatoms. The van der Waals surface area contributed by atoms with Gasteiger partial charge in [-0.1, -0.05) is 93.7 Å². The number of hydrogen-bond acceptors (Lipinski definition) is 28. The molecule has 3 fully saturated rings. The molecule has 0 amide bonds. The van der Waals surface area contributed by atoms with Gasteiger partial charge in [0.2, 0.25) is 0 Å². The Bertz CT molecular complexity index is 2050. The van der Waals surface area contributed by atoms with E-state index in [-0.39, 0.29) is 57.8 Å². The van der Waals surface area contributed by atoms with E-state index in [0.717, 1.165) is 0 Å². The molecule has 0 saturated carbocycles. The molecule has 506 valence electrons. The van der Waals surface area contributed by atoms with Crippen LogP contribution in [0.3, 0.4) is 0 Å². The first-order chi connectivity index (χ1) is 41.2. The van der Waals surface area contributed by atoms with E-state index in [2.05, 4.69) is 0 Å².